The van der Waals surface area contributed by atoms with Crippen LogP contribution >= 0.6 is 0 Å². The van der Waals surface area contributed by atoms with E-state index in [4.69, 9.17) is 0 Å². The third-order valence-corrected chi connectivity index (χ3v) is 1.42. The summed E-state index contributed by atoms with van der Waals surface area (Å²) in [6.07, 6.45) is 1.97. The first-order valence-electron chi connectivity index (χ1n) is 2.79. The van der Waals surface area contributed by atoms with Crippen molar-refractivity contribution in [2.75, 3.05) is 0 Å². The SMILES string of the molecule is O=C1CCn2ncnc21. The highest BCUT2D eigenvalue weighted by Crippen LogP contribution is 2.08. The summed E-state index contributed by atoms with van der Waals surface area (Å²) >= 11 is 0. The van der Waals surface area contributed by atoms with Gasteiger partial charge >= 0.3 is 0 Å². The molecule has 1 aliphatic heterocycles. The van der Waals surface area contributed by atoms with Crippen LogP contribution in [0.25, 0.3) is 0 Å². The molecule has 9 heavy (non-hydrogen) atoms. The molecule has 0 atom stereocenters. The molecule has 4 nitrogen and oxygen atoms in total. The Hall–Kier alpha value is -1.19. The first-order valence-corrected chi connectivity index (χ1v) is 2.79. The minimum Gasteiger partial charge on any atom is -0.291 e. The second kappa shape index (κ2) is 1.40. The lowest BCUT2D eigenvalue weighted by molar-refractivity contribution is 0.0990. The predicted molar refractivity (Wildman–Crippen MR) is 29.0 cm³/mol. The second-order valence-electron chi connectivity index (χ2n) is 1.98. The van der Waals surface area contributed by atoms with Crippen molar-refractivity contribution in [2.45, 2.75) is 13.0 Å². The lowest BCUT2D eigenvalue weighted by Gasteiger charge is -1.84. The zero-order valence-electron chi connectivity index (χ0n) is 4.74. The molecule has 0 saturated carbocycles. The summed E-state index contributed by atoms with van der Waals surface area (Å²) < 4.78 is 1.63. The molecule has 0 saturated heterocycles. The van der Waals surface area contributed by atoms with Crippen LogP contribution in [0.3, 0.4) is 0 Å². The van der Waals surface area contributed by atoms with Gasteiger partial charge in [0.15, 0.2) is 5.82 Å². The summed E-state index contributed by atoms with van der Waals surface area (Å²) in [4.78, 5) is 14.6. The van der Waals surface area contributed by atoms with Gasteiger partial charge in [-0.05, 0) is 0 Å². The van der Waals surface area contributed by atoms with Crippen LogP contribution in [0, 0.1) is 0 Å². The first kappa shape index (κ1) is 4.67. The van der Waals surface area contributed by atoms with Crippen LogP contribution in [-0.4, -0.2) is 20.5 Å². The van der Waals surface area contributed by atoms with Crippen molar-refractivity contribution in [3.63, 3.8) is 0 Å². The van der Waals surface area contributed by atoms with Crippen LogP contribution < -0.4 is 0 Å². The van der Waals surface area contributed by atoms with E-state index in [-0.39, 0.29) is 5.78 Å². The van der Waals surface area contributed by atoms with Crippen LogP contribution in [0.4, 0.5) is 0 Å². The highest BCUT2D eigenvalue weighted by Gasteiger charge is 2.20. The molecule has 0 amide bonds. The van der Waals surface area contributed by atoms with Crippen molar-refractivity contribution in [1.29, 1.82) is 0 Å². The average molecular weight is 123 g/mol. The summed E-state index contributed by atoms with van der Waals surface area (Å²) in [7, 11) is 0. The van der Waals surface area contributed by atoms with Crippen LogP contribution in [0.2, 0.25) is 0 Å². The first-order chi connectivity index (χ1) is 4.38. The van der Waals surface area contributed by atoms with Gasteiger partial charge < -0.3 is 0 Å². The number of hydrogen-bond donors (Lipinski definition) is 0. The van der Waals surface area contributed by atoms with E-state index in [1.165, 1.54) is 6.33 Å². The summed E-state index contributed by atoms with van der Waals surface area (Å²) in [6, 6.07) is 0. The maximum atomic E-state index is 10.8. The summed E-state index contributed by atoms with van der Waals surface area (Å²) in [5.41, 5.74) is 0. The van der Waals surface area contributed by atoms with E-state index in [1.54, 1.807) is 4.68 Å². The molecule has 0 fully saturated rings. The van der Waals surface area contributed by atoms with E-state index in [0.29, 0.717) is 18.8 Å². The average Bonchev–Trinajstić information content (AvgIpc) is 2.35. The number of fused-ring (bicyclic) bond motifs is 1. The number of carbonyl (C=O) groups is 1. The van der Waals surface area contributed by atoms with E-state index in [0.717, 1.165) is 0 Å². The zero-order valence-corrected chi connectivity index (χ0v) is 4.74. The van der Waals surface area contributed by atoms with Crippen LogP contribution in [0.1, 0.15) is 17.0 Å². The number of hydrogen-bond acceptors (Lipinski definition) is 3. The van der Waals surface area contributed by atoms with Crippen molar-refractivity contribution < 1.29 is 4.79 Å². The Labute approximate surface area is 51.5 Å². The fourth-order valence-corrected chi connectivity index (χ4v) is 0.963. The molecular weight excluding hydrogens is 118 g/mol. The van der Waals surface area contributed by atoms with Gasteiger partial charge in [-0.3, -0.25) is 4.79 Å². The molecule has 2 rings (SSSR count). The van der Waals surface area contributed by atoms with Gasteiger partial charge in [0, 0.05) is 6.42 Å². The molecule has 0 aromatic carbocycles. The number of Topliss-reactive ketones (excluding diaryl/α,β-unsaturated/α-hetero) is 1. The molecule has 2 heterocycles. The molecule has 0 aliphatic carbocycles. The van der Waals surface area contributed by atoms with Crippen molar-refractivity contribution in [2.24, 2.45) is 0 Å². The van der Waals surface area contributed by atoms with Gasteiger partial charge in [0.2, 0.25) is 5.78 Å². The van der Waals surface area contributed by atoms with Crippen molar-refractivity contribution in [1.82, 2.24) is 14.8 Å². The van der Waals surface area contributed by atoms with Crippen LogP contribution in [0.5, 0.6) is 0 Å². The molecule has 4 heteroatoms. The molecule has 1 aliphatic rings. The van der Waals surface area contributed by atoms with E-state index < -0.39 is 0 Å². The van der Waals surface area contributed by atoms with Gasteiger partial charge in [-0.2, -0.15) is 5.10 Å². The summed E-state index contributed by atoms with van der Waals surface area (Å²) in [5.74, 6) is 0.613. The highest BCUT2D eigenvalue weighted by molar-refractivity contribution is 5.94. The zero-order chi connectivity index (χ0) is 6.27. The third-order valence-electron chi connectivity index (χ3n) is 1.42. The molecular formula is C5H5N3O. The fourth-order valence-electron chi connectivity index (χ4n) is 0.963. The topological polar surface area (TPSA) is 47.8 Å². The van der Waals surface area contributed by atoms with Gasteiger partial charge in [-0.15, -0.1) is 0 Å². The smallest absolute Gasteiger partial charge is 0.201 e. The molecule has 1 aromatic rings. The molecule has 46 valence electrons. The minimum atomic E-state index is 0.104. The van der Waals surface area contributed by atoms with Gasteiger partial charge in [-0.1, -0.05) is 0 Å². The van der Waals surface area contributed by atoms with Crippen LogP contribution in [-0.2, 0) is 6.54 Å². The van der Waals surface area contributed by atoms with Gasteiger partial charge in [0.05, 0.1) is 6.54 Å². The number of rotatable bonds is 0. The Balaban J connectivity index is 2.61. The normalized spacial score (nSPS) is 16.2. The Kier molecular flexibility index (Phi) is 0.726. The van der Waals surface area contributed by atoms with E-state index in [2.05, 4.69) is 10.1 Å². The van der Waals surface area contributed by atoms with E-state index in [1.807, 2.05) is 0 Å². The Morgan fingerprint density at radius 1 is 1.67 bits per heavy atom. The monoisotopic (exact) mass is 123 g/mol. The quantitative estimate of drug-likeness (QED) is 0.482. The molecule has 0 unspecified atom stereocenters. The van der Waals surface area contributed by atoms with E-state index >= 15 is 0 Å². The standard InChI is InChI=1S/C5H5N3O/c9-4-1-2-8-5(4)6-3-7-8/h3H,1-2H2. The number of ketones is 1. The predicted octanol–water partition coefficient (Wildman–Crippen LogP) is -0.136. The van der Waals surface area contributed by atoms with Crippen LogP contribution in [0.15, 0.2) is 6.33 Å². The molecule has 1 aromatic heterocycles. The Morgan fingerprint density at radius 3 is 3.33 bits per heavy atom. The van der Waals surface area contributed by atoms with Crippen molar-refractivity contribution >= 4 is 5.78 Å². The number of nitrogens with zero attached hydrogens (tertiary/aromatic N) is 3. The number of aryl methyl sites for hydroxylation is 1. The number of aromatic nitrogens is 3. The minimum absolute atomic E-state index is 0.104. The maximum Gasteiger partial charge on any atom is 0.201 e. The van der Waals surface area contributed by atoms with Gasteiger partial charge in [0.25, 0.3) is 0 Å². The molecule has 0 bridgehead atoms. The lowest BCUT2D eigenvalue weighted by Crippen LogP contribution is -1.95. The largest absolute Gasteiger partial charge is 0.291 e. The van der Waals surface area contributed by atoms with E-state index in [9.17, 15) is 4.79 Å². The fraction of sp³-hybridized carbons (Fsp3) is 0.400. The Bertz CT molecular complexity index is 252. The third kappa shape index (κ3) is 0.497. The molecule has 0 N–H and O–H groups in total. The summed E-state index contributed by atoms with van der Waals surface area (Å²) in [6.45, 7) is 0.703. The van der Waals surface area contributed by atoms with Gasteiger partial charge in [0.1, 0.15) is 6.33 Å². The molecule has 0 spiro atoms. The Morgan fingerprint density at radius 2 is 2.56 bits per heavy atom. The highest BCUT2D eigenvalue weighted by atomic mass is 16.1. The lowest BCUT2D eigenvalue weighted by atomic mass is 10.3. The number of carbonyl (C=O) groups excluding carboxylic acids is 1. The summed E-state index contributed by atoms with van der Waals surface area (Å²) in [5, 5.41) is 3.83. The van der Waals surface area contributed by atoms with Gasteiger partial charge in [-0.25, -0.2) is 9.67 Å². The second-order valence-corrected chi connectivity index (χ2v) is 1.98. The maximum absolute atomic E-state index is 10.8. The van der Waals surface area contributed by atoms with Crippen molar-refractivity contribution in [3.05, 3.63) is 12.2 Å². The molecule has 0 radical (unpaired) electrons. The van der Waals surface area contributed by atoms with Crippen molar-refractivity contribution in [3.8, 4) is 0 Å².